The number of likely N-dealkylation sites (tertiary alicyclic amines) is 1. The van der Waals surface area contributed by atoms with Crippen molar-refractivity contribution in [3.8, 4) is 0 Å². The largest absolute Gasteiger partial charge is 0.395 e. The Morgan fingerprint density at radius 1 is 0.962 bits per heavy atom. The van der Waals surface area contributed by atoms with Gasteiger partial charge >= 0.3 is 0 Å². The van der Waals surface area contributed by atoms with E-state index in [1.165, 1.54) is 29.4 Å². The fourth-order valence-corrected chi connectivity index (χ4v) is 4.53. The lowest BCUT2D eigenvalue weighted by Gasteiger charge is -2.40. The van der Waals surface area contributed by atoms with Crippen molar-refractivity contribution in [2.75, 3.05) is 37.7 Å². The van der Waals surface area contributed by atoms with E-state index in [-0.39, 0.29) is 17.6 Å². The standard InChI is InChI=1S/C21H24F2N2O/c22-18-5-3-6-19(23)16(18)14-24-10-8-21(9-11-24)15-25(12-13-26)20-7-2-1-4-17(20)21/h1-7,26H,8-15H2. The zero-order chi connectivity index (χ0) is 18.1. The van der Waals surface area contributed by atoms with Crippen molar-refractivity contribution in [1.82, 2.24) is 4.90 Å². The number of benzene rings is 2. The maximum Gasteiger partial charge on any atom is 0.130 e. The minimum absolute atomic E-state index is 0.0794. The lowest BCUT2D eigenvalue weighted by Crippen LogP contribution is -2.45. The second kappa shape index (κ2) is 6.97. The van der Waals surface area contributed by atoms with Gasteiger partial charge in [-0.25, -0.2) is 8.78 Å². The summed E-state index contributed by atoms with van der Waals surface area (Å²) in [6.45, 7) is 3.64. The maximum absolute atomic E-state index is 13.9. The molecule has 0 aliphatic carbocycles. The third-order valence-electron chi connectivity index (χ3n) is 5.94. The average Bonchev–Trinajstić information content (AvgIpc) is 2.94. The number of aliphatic hydroxyl groups excluding tert-OH is 1. The third-order valence-corrected chi connectivity index (χ3v) is 5.94. The Hall–Kier alpha value is -1.98. The highest BCUT2D eigenvalue weighted by Gasteiger charge is 2.44. The number of para-hydroxylation sites is 1. The van der Waals surface area contributed by atoms with Crippen molar-refractivity contribution in [2.45, 2.75) is 24.8 Å². The zero-order valence-electron chi connectivity index (χ0n) is 14.8. The van der Waals surface area contributed by atoms with E-state index in [9.17, 15) is 13.9 Å². The fourth-order valence-electron chi connectivity index (χ4n) is 4.53. The summed E-state index contributed by atoms with van der Waals surface area (Å²) in [5.41, 5.74) is 2.81. The zero-order valence-corrected chi connectivity index (χ0v) is 14.8. The summed E-state index contributed by atoms with van der Waals surface area (Å²) in [6, 6.07) is 12.5. The molecule has 0 atom stereocenters. The number of anilines is 1. The van der Waals surface area contributed by atoms with E-state index in [4.69, 9.17) is 0 Å². The molecule has 0 unspecified atom stereocenters. The monoisotopic (exact) mass is 358 g/mol. The van der Waals surface area contributed by atoms with Crippen LogP contribution >= 0.6 is 0 Å². The minimum atomic E-state index is -0.467. The Bertz CT molecular complexity index is 767. The maximum atomic E-state index is 13.9. The van der Waals surface area contributed by atoms with Gasteiger partial charge in [-0.05, 0) is 49.7 Å². The molecule has 1 fully saturated rings. The van der Waals surface area contributed by atoms with Gasteiger partial charge in [0.05, 0.1) is 6.61 Å². The van der Waals surface area contributed by atoms with Crippen molar-refractivity contribution in [3.05, 3.63) is 65.2 Å². The highest BCUT2D eigenvalue weighted by Crippen LogP contribution is 2.46. The molecule has 5 heteroatoms. The van der Waals surface area contributed by atoms with Gasteiger partial charge in [0.15, 0.2) is 0 Å². The van der Waals surface area contributed by atoms with Crippen molar-refractivity contribution < 1.29 is 13.9 Å². The van der Waals surface area contributed by atoms with Crippen LogP contribution in [0.25, 0.3) is 0 Å². The Labute approximate surface area is 152 Å². The average molecular weight is 358 g/mol. The summed E-state index contributed by atoms with van der Waals surface area (Å²) < 4.78 is 27.9. The van der Waals surface area contributed by atoms with E-state index < -0.39 is 11.6 Å². The van der Waals surface area contributed by atoms with Crippen molar-refractivity contribution in [3.63, 3.8) is 0 Å². The molecule has 4 rings (SSSR count). The summed E-state index contributed by atoms with van der Waals surface area (Å²) in [7, 11) is 0. The number of β-amino-alcohol motifs (C(OH)–C–C–N with tert-alkyl or cyclic N) is 1. The predicted octanol–water partition coefficient (Wildman–Crippen LogP) is 3.31. The van der Waals surface area contributed by atoms with Gasteiger partial charge in [-0.2, -0.15) is 0 Å². The molecule has 1 saturated heterocycles. The lowest BCUT2D eigenvalue weighted by atomic mass is 9.74. The molecule has 3 nitrogen and oxygen atoms in total. The van der Waals surface area contributed by atoms with E-state index in [0.717, 1.165) is 32.5 Å². The first-order chi connectivity index (χ1) is 12.6. The molecule has 0 saturated carbocycles. The van der Waals surface area contributed by atoms with E-state index in [1.807, 2.05) is 6.07 Å². The molecule has 1 N–H and O–H groups in total. The van der Waals surface area contributed by atoms with E-state index in [0.29, 0.717) is 13.1 Å². The van der Waals surface area contributed by atoms with Crippen LogP contribution in [0, 0.1) is 11.6 Å². The van der Waals surface area contributed by atoms with Crippen LogP contribution in [0.5, 0.6) is 0 Å². The molecule has 2 aromatic rings. The molecule has 138 valence electrons. The van der Waals surface area contributed by atoms with Gasteiger partial charge in [0.1, 0.15) is 11.6 Å². The number of nitrogens with zero attached hydrogens (tertiary/aromatic N) is 2. The second-order valence-electron chi connectivity index (χ2n) is 7.42. The molecule has 2 aliphatic rings. The topological polar surface area (TPSA) is 26.7 Å². The van der Waals surface area contributed by atoms with Crippen LogP contribution in [-0.2, 0) is 12.0 Å². The van der Waals surface area contributed by atoms with E-state index in [2.05, 4.69) is 28.0 Å². The van der Waals surface area contributed by atoms with E-state index in [1.54, 1.807) is 0 Å². The van der Waals surface area contributed by atoms with Crippen LogP contribution in [0.4, 0.5) is 14.5 Å². The molecule has 0 radical (unpaired) electrons. The first kappa shape index (κ1) is 17.4. The Morgan fingerprint density at radius 3 is 2.35 bits per heavy atom. The number of piperidine rings is 1. The predicted molar refractivity (Wildman–Crippen MR) is 98.3 cm³/mol. The summed E-state index contributed by atoms with van der Waals surface area (Å²) in [4.78, 5) is 4.41. The summed E-state index contributed by atoms with van der Waals surface area (Å²) in [5, 5.41) is 9.38. The van der Waals surface area contributed by atoms with Gasteiger partial charge in [0.25, 0.3) is 0 Å². The lowest BCUT2D eigenvalue weighted by molar-refractivity contribution is 0.156. The van der Waals surface area contributed by atoms with Crippen molar-refractivity contribution in [1.29, 1.82) is 0 Å². The Balaban J connectivity index is 1.50. The molecule has 2 aromatic carbocycles. The number of hydrogen-bond donors (Lipinski definition) is 1. The number of aliphatic hydroxyl groups is 1. The molecule has 26 heavy (non-hydrogen) atoms. The van der Waals surface area contributed by atoms with Gasteiger partial charge in [-0.1, -0.05) is 24.3 Å². The van der Waals surface area contributed by atoms with Crippen molar-refractivity contribution in [2.24, 2.45) is 0 Å². The smallest absolute Gasteiger partial charge is 0.130 e. The summed E-state index contributed by atoms with van der Waals surface area (Å²) in [6.07, 6.45) is 1.92. The molecule has 0 amide bonds. The molecule has 2 heterocycles. The van der Waals surface area contributed by atoms with Crippen LogP contribution in [0.15, 0.2) is 42.5 Å². The van der Waals surface area contributed by atoms with Crippen LogP contribution < -0.4 is 4.90 Å². The van der Waals surface area contributed by atoms with Gasteiger partial charge in [-0.3, -0.25) is 4.90 Å². The Kier molecular flexibility index (Phi) is 4.67. The molecular formula is C21H24F2N2O. The molecule has 1 spiro atoms. The normalized spacial score (nSPS) is 19.1. The van der Waals surface area contributed by atoms with Crippen LogP contribution in [-0.4, -0.2) is 42.8 Å². The summed E-state index contributed by atoms with van der Waals surface area (Å²) >= 11 is 0. The third kappa shape index (κ3) is 2.99. The quantitative estimate of drug-likeness (QED) is 0.908. The number of hydrogen-bond acceptors (Lipinski definition) is 3. The second-order valence-corrected chi connectivity index (χ2v) is 7.42. The minimum Gasteiger partial charge on any atom is -0.395 e. The van der Waals surface area contributed by atoms with Crippen LogP contribution in [0.3, 0.4) is 0 Å². The van der Waals surface area contributed by atoms with Gasteiger partial charge in [-0.15, -0.1) is 0 Å². The number of halogens is 2. The molecule has 0 aromatic heterocycles. The number of rotatable bonds is 4. The van der Waals surface area contributed by atoms with Gasteiger partial charge in [0, 0.05) is 36.3 Å². The van der Waals surface area contributed by atoms with Gasteiger partial charge in [0.2, 0.25) is 0 Å². The molecule has 0 bridgehead atoms. The van der Waals surface area contributed by atoms with Crippen molar-refractivity contribution >= 4 is 5.69 Å². The Morgan fingerprint density at radius 2 is 1.65 bits per heavy atom. The fraction of sp³-hybridized carbons (Fsp3) is 0.429. The van der Waals surface area contributed by atoms with Crippen LogP contribution in [0.2, 0.25) is 0 Å². The SMILES string of the molecule is OCCN1CC2(CCN(Cc3c(F)cccc3F)CC2)c2ccccc21. The first-order valence-corrected chi connectivity index (χ1v) is 9.23. The molecule has 2 aliphatic heterocycles. The van der Waals surface area contributed by atoms with Crippen LogP contribution in [0.1, 0.15) is 24.0 Å². The summed E-state index contributed by atoms with van der Waals surface area (Å²) in [5.74, 6) is -0.934. The molecular weight excluding hydrogens is 334 g/mol. The number of fused-ring (bicyclic) bond motifs is 2. The van der Waals surface area contributed by atoms with E-state index >= 15 is 0 Å². The highest BCUT2D eigenvalue weighted by molar-refractivity contribution is 5.62. The first-order valence-electron chi connectivity index (χ1n) is 9.23. The highest BCUT2D eigenvalue weighted by atomic mass is 19.1. The van der Waals surface area contributed by atoms with Gasteiger partial charge < -0.3 is 10.0 Å².